The molecule has 0 unspecified atom stereocenters. The van der Waals surface area contributed by atoms with Crippen LogP contribution in [0, 0.1) is 11.3 Å². The van der Waals surface area contributed by atoms with E-state index in [1.165, 1.54) is 6.20 Å². The summed E-state index contributed by atoms with van der Waals surface area (Å²) >= 11 is 0. The Labute approximate surface area is 130 Å². The number of likely N-dealkylation sites (N-methyl/N-ethyl adjacent to an activating group) is 1. The number of carbonyl (C=O) groups excluding carboxylic acids is 1. The van der Waals surface area contributed by atoms with E-state index in [0.29, 0.717) is 5.95 Å². The van der Waals surface area contributed by atoms with Gasteiger partial charge in [-0.3, -0.25) is 4.79 Å². The van der Waals surface area contributed by atoms with E-state index >= 15 is 0 Å². The second kappa shape index (κ2) is 7.52. The van der Waals surface area contributed by atoms with Crippen LogP contribution in [0.25, 0.3) is 0 Å². The number of hydrogen-bond acceptors (Lipinski definition) is 6. The van der Waals surface area contributed by atoms with Crippen molar-refractivity contribution in [2.75, 3.05) is 32.5 Å². The molecule has 2 heterocycles. The van der Waals surface area contributed by atoms with E-state index in [1.807, 2.05) is 6.07 Å². The quantitative estimate of drug-likeness (QED) is 0.655. The maximum atomic E-state index is 12.4. The summed E-state index contributed by atoms with van der Waals surface area (Å²) in [6.07, 6.45) is 6.38. The van der Waals surface area contributed by atoms with Crippen LogP contribution < -0.4 is 5.32 Å². The third-order valence-corrected chi connectivity index (χ3v) is 3.82. The lowest BCUT2D eigenvalue weighted by molar-refractivity contribution is -0.128. The molecule has 1 amide bonds. The number of aromatic nitrogens is 2. The maximum Gasteiger partial charge on any atom is 0.266 e. The minimum atomic E-state index is -0.277. The van der Waals surface area contributed by atoms with Gasteiger partial charge in [0.15, 0.2) is 0 Å². The molecule has 1 saturated heterocycles. The summed E-state index contributed by atoms with van der Waals surface area (Å²) in [6, 6.07) is 3.81. The van der Waals surface area contributed by atoms with Crippen LogP contribution in [-0.2, 0) is 4.79 Å². The van der Waals surface area contributed by atoms with E-state index in [9.17, 15) is 10.1 Å². The number of hydrogen-bond donors (Lipinski definition) is 1. The van der Waals surface area contributed by atoms with E-state index in [-0.39, 0.29) is 17.5 Å². The zero-order valence-corrected chi connectivity index (χ0v) is 12.9. The van der Waals surface area contributed by atoms with Crippen LogP contribution in [-0.4, -0.2) is 58.9 Å². The average Bonchev–Trinajstić information content (AvgIpc) is 2.56. The Bertz CT molecular complexity index is 571. The molecule has 22 heavy (non-hydrogen) atoms. The SMILES string of the molecule is CN1CCC(N(C)C(=O)/C(C#N)=C\Nc2ncccn2)CC1. The highest BCUT2D eigenvalue weighted by atomic mass is 16.2. The van der Waals surface area contributed by atoms with Gasteiger partial charge in [0.25, 0.3) is 5.91 Å². The van der Waals surface area contributed by atoms with Gasteiger partial charge in [-0.05, 0) is 39.0 Å². The lowest BCUT2D eigenvalue weighted by atomic mass is 10.0. The molecule has 116 valence electrons. The van der Waals surface area contributed by atoms with Crippen molar-refractivity contribution in [2.24, 2.45) is 0 Å². The van der Waals surface area contributed by atoms with Gasteiger partial charge in [0.1, 0.15) is 11.6 Å². The molecule has 0 radical (unpaired) electrons. The third kappa shape index (κ3) is 4.02. The lowest BCUT2D eigenvalue weighted by Crippen LogP contribution is -2.44. The Kier molecular flexibility index (Phi) is 5.44. The predicted octanol–water partition coefficient (Wildman–Crippen LogP) is 0.849. The molecule has 0 atom stereocenters. The van der Waals surface area contributed by atoms with Crippen LogP contribution >= 0.6 is 0 Å². The van der Waals surface area contributed by atoms with Crippen molar-refractivity contribution in [3.63, 3.8) is 0 Å². The molecule has 0 spiro atoms. The fraction of sp³-hybridized carbons (Fsp3) is 0.467. The second-order valence-corrected chi connectivity index (χ2v) is 5.34. The van der Waals surface area contributed by atoms with E-state index < -0.39 is 0 Å². The summed E-state index contributed by atoms with van der Waals surface area (Å²) in [5.41, 5.74) is 0.0499. The molecule has 0 aliphatic carbocycles. The van der Waals surface area contributed by atoms with Gasteiger partial charge >= 0.3 is 0 Å². The number of nitrogens with zero attached hydrogens (tertiary/aromatic N) is 5. The van der Waals surface area contributed by atoms with E-state index in [4.69, 9.17) is 0 Å². The first kappa shape index (κ1) is 15.9. The number of nitrogens with one attached hydrogen (secondary N) is 1. The summed E-state index contributed by atoms with van der Waals surface area (Å²) in [4.78, 5) is 24.3. The van der Waals surface area contributed by atoms with Crippen LogP contribution in [0.2, 0.25) is 0 Å². The van der Waals surface area contributed by atoms with Gasteiger partial charge in [0.2, 0.25) is 5.95 Å². The minimum Gasteiger partial charge on any atom is -0.338 e. The molecule has 7 heteroatoms. The molecule has 1 fully saturated rings. The van der Waals surface area contributed by atoms with E-state index in [2.05, 4.69) is 27.2 Å². The van der Waals surface area contributed by atoms with Gasteiger partial charge in [0.05, 0.1) is 0 Å². The maximum absolute atomic E-state index is 12.4. The standard InChI is InChI=1S/C15H20N6O/c1-20-8-4-13(5-9-20)21(2)14(22)12(10-16)11-19-15-17-6-3-7-18-15/h3,6-7,11,13H,4-5,8-9H2,1-2H3,(H,17,18,19)/b12-11-. The Morgan fingerprint density at radius 1 is 1.45 bits per heavy atom. The van der Waals surface area contributed by atoms with Crippen molar-refractivity contribution in [1.82, 2.24) is 19.8 Å². The Morgan fingerprint density at radius 2 is 2.09 bits per heavy atom. The summed E-state index contributed by atoms with van der Waals surface area (Å²) in [5.74, 6) is 0.0745. The van der Waals surface area contributed by atoms with E-state index in [1.54, 1.807) is 30.4 Å². The number of nitriles is 1. The number of rotatable bonds is 4. The van der Waals surface area contributed by atoms with Crippen molar-refractivity contribution in [3.8, 4) is 6.07 Å². The van der Waals surface area contributed by atoms with Crippen molar-refractivity contribution >= 4 is 11.9 Å². The van der Waals surface area contributed by atoms with Crippen LogP contribution in [0.4, 0.5) is 5.95 Å². The summed E-state index contributed by atoms with van der Waals surface area (Å²) in [6.45, 7) is 1.92. The highest BCUT2D eigenvalue weighted by Gasteiger charge is 2.25. The Balaban J connectivity index is 2.00. The number of carbonyl (C=O) groups is 1. The molecule has 0 saturated carbocycles. The molecule has 1 aliphatic heterocycles. The molecule has 2 rings (SSSR count). The first-order chi connectivity index (χ1) is 10.6. The molecule has 1 N–H and O–H groups in total. The monoisotopic (exact) mass is 300 g/mol. The Hall–Kier alpha value is -2.46. The molecule has 1 aromatic heterocycles. The highest BCUT2D eigenvalue weighted by Crippen LogP contribution is 2.16. The van der Waals surface area contributed by atoms with Crippen LogP contribution in [0.5, 0.6) is 0 Å². The normalized spacial score (nSPS) is 16.9. The zero-order valence-electron chi connectivity index (χ0n) is 12.9. The molecule has 7 nitrogen and oxygen atoms in total. The average molecular weight is 300 g/mol. The van der Waals surface area contributed by atoms with Crippen molar-refractivity contribution < 1.29 is 4.79 Å². The fourth-order valence-corrected chi connectivity index (χ4v) is 2.39. The molecule has 1 aromatic rings. The van der Waals surface area contributed by atoms with Gasteiger partial charge in [-0.15, -0.1) is 0 Å². The second-order valence-electron chi connectivity index (χ2n) is 5.34. The van der Waals surface area contributed by atoms with Crippen molar-refractivity contribution in [2.45, 2.75) is 18.9 Å². The van der Waals surface area contributed by atoms with Gasteiger partial charge in [-0.1, -0.05) is 0 Å². The van der Waals surface area contributed by atoms with Crippen LogP contribution in [0.3, 0.4) is 0 Å². The number of amides is 1. The first-order valence-corrected chi connectivity index (χ1v) is 7.21. The van der Waals surface area contributed by atoms with Gasteiger partial charge in [0, 0.05) is 31.7 Å². The first-order valence-electron chi connectivity index (χ1n) is 7.21. The van der Waals surface area contributed by atoms with Crippen LogP contribution in [0.15, 0.2) is 30.2 Å². The van der Waals surface area contributed by atoms with Crippen LogP contribution in [0.1, 0.15) is 12.8 Å². The smallest absolute Gasteiger partial charge is 0.266 e. The van der Waals surface area contributed by atoms with Crippen molar-refractivity contribution in [1.29, 1.82) is 5.26 Å². The highest BCUT2D eigenvalue weighted by molar-refractivity contribution is 5.97. The topological polar surface area (TPSA) is 85.2 Å². The number of likely N-dealkylation sites (tertiary alicyclic amines) is 1. The largest absolute Gasteiger partial charge is 0.338 e. The zero-order chi connectivity index (χ0) is 15.9. The van der Waals surface area contributed by atoms with Gasteiger partial charge in [-0.25, -0.2) is 9.97 Å². The molecule has 1 aliphatic rings. The molecule has 0 aromatic carbocycles. The fourth-order valence-electron chi connectivity index (χ4n) is 2.39. The van der Waals surface area contributed by atoms with Crippen molar-refractivity contribution in [3.05, 3.63) is 30.2 Å². The Morgan fingerprint density at radius 3 is 2.68 bits per heavy atom. The predicted molar refractivity (Wildman–Crippen MR) is 82.6 cm³/mol. The number of anilines is 1. The van der Waals surface area contributed by atoms with E-state index in [0.717, 1.165) is 25.9 Å². The summed E-state index contributed by atoms with van der Waals surface area (Å²) < 4.78 is 0. The lowest BCUT2D eigenvalue weighted by Gasteiger charge is -2.34. The van der Waals surface area contributed by atoms with Gasteiger partial charge in [-0.2, -0.15) is 5.26 Å². The summed E-state index contributed by atoms with van der Waals surface area (Å²) in [7, 11) is 3.82. The molecular weight excluding hydrogens is 280 g/mol. The minimum absolute atomic E-state index is 0.0499. The summed E-state index contributed by atoms with van der Waals surface area (Å²) in [5, 5.41) is 12.0. The van der Waals surface area contributed by atoms with Gasteiger partial charge < -0.3 is 15.1 Å². The number of piperidine rings is 1. The molecular formula is C15H20N6O. The third-order valence-electron chi connectivity index (χ3n) is 3.82. The molecule has 0 bridgehead atoms.